The van der Waals surface area contributed by atoms with Crippen molar-refractivity contribution in [3.05, 3.63) is 77.0 Å². The van der Waals surface area contributed by atoms with Crippen molar-refractivity contribution >= 4 is 23.0 Å². The van der Waals surface area contributed by atoms with Crippen LogP contribution in [0.5, 0.6) is 5.88 Å². The topological polar surface area (TPSA) is 45.7 Å². The Morgan fingerprint density at radius 1 is 0.935 bits per heavy atom. The molecule has 0 N–H and O–H groups in total. The number of halogens is 3. The molecule has 0 atom stereocenters. The summed E-state index contributed by atoms with van der Waals surface area (Å²) in [5.41, 5.74) is 2.36. The number of hydrogen-bond donors (Lipinski definition) is 0. The lowest BCUT2D eigenvalue weighted by Crippen LogP contribution is -2.45. The smallest absolute Gasteiger partial charge is 0.416 e. The standard InChI is InChI=1S/C23H20F3N3O2/c1-14-6-4-5-7-18(14)28-13-29(19-10-11-21(31-3)27-15(19)2)22(30)17-9-8-16(12-20(17)28)23(24,25)26/h4-12H,13H2,1-3H3. The monoisotopic (exact) mass is 427 g/mol. The normalized spacial score (nSPS) is 13.9. The van der Waals surface area contributed by atoms with Crippen LogP contribution in [0.25, 0.3) is 0 Å². The van der Waals surface area contributed by atoms with E-state index in [0.717, 1.165) is 23.4 Å². The molecular formula is C23H20F3N3O2. The molecule has 4 rings (SSSR count). The van der Waals surface area contributed by atoms with Gasteiger partial charge in [0.15, 0.2) is 0 Å². The molecular weight excluding hydrogens is 407 g/mol. The van der Waals surface area contributed by atoms with E-state index in [1.165, 1.54) is 18.1 Å². The molecule has 0 radical (unpaired) electrons. The number of benzene rings is 2. The number of rotatable bonds is 3. The number of anilines is 3. The molecule has 160 valence electrons. The van der Waals surface area contributed by atoms with Crippen molar-refractivity contribution in [1.82, 2.24) is 4.98 Å². The van der Waals surface area contributed by atoms with Crippen LogP contribution in [-0.2, 0) is 6.18 Å². The van der Waals surface area contributed by atoms with Gasteiger partial charge in [0.05, 0.1) is 35.3 Å². The third-order valence-corrected chi connectivity index (χ3v) is 5.31. The number of hydrogen-bond acceptors (Lipinski definition) is 4. The van der Waals surface area contributed by atoms with Gasteiger partial charge in [-0.05, 0) is 49.7 Å². The first kappa shape index (κ1) is 20.7. The van der Waals surface area contributed by atoms with Crippen LogP contribution in [0.3, 0.4) is 0 Å². The van der Waals surface area contributed by atoms with E-state index in [4.69, 9.17) is 4.74 Å². The number of ether oxygens (including phenoxy) is 1. The number of carbonyl (C=O) groups excluding carboxylic acids is 1. The third-order valence-electron chi connectivity index (χ3n) is 5.31. The predicted octanol–water partition coefficient (Wildman–Crippen LogP) is 5.48. The number of fused-ring (bicyclic) bond motifs is 1. The first-order valence-electron chi connectivity index (χ1n) is 9.58. The molecule has 0 fully saturated rings. The fourth-order valence-electron chi connectivity index (χ4n) is 3.73. The van der Waals surface area contributed by atoms with Crippen molar-refractivity contribution in [3.63, 3.8) is 0 Å². The Morgan fingerprint density at radius 2 is 1.68 bits per heavy atom. The molecule has 1 aliphatic rings. The van der Waals surface area contributed by atoms with Gasteiger partial charge < -0.3 is 9.64 Å². The zero-order valence-corrected chi connectivity index (χ0v) is 17.2. The zero-order valence-electron chi connectivity index (χ0n) is 17.2. The number of alkyl halides is 3. The minimum atomic E-state index is -4.51. The Bertz CT molecular complexity index is 1160. The highest BCUT2D eigenvalue weighted by Gasteiger charge is 2.37. The molecule has 5 nitrogen and oxygen atoms in total. The second kappa shape index (κ2) is 7.61. The summed E-state index contributed by atoms with van der Waals surface area (Å²) in [6.07, 6.45) is -4.51. The Labute approximate surface area is 177 Å². The largest absolute Gasteiger partial charge is 0.481 e. The van der Waals surface area contributed by atoms with Crippen LogP contribution in [0, 0.1) is 13.8 Å². The van der Waals surface area contributed by atoms with E-state index in [2.05, 4.69) is 4.98 Å². The molecule has 1 aliphatic heterocycles. The van der Waals surface area contributed by atoms with Crippen molar-refractivity contribution < 1.29 is 22.7 Å². The number of nitrogens with zero attached hydrogens (tertiary/aromatic N) is 3. The second-order valence-electron chi connectivity index (χ2n) is 7.28. The van der Waals surface area contributed by atoms with Crippen LogP contribution >= 0.6 is 0 Å². The van der Waals surface area contributed by atoms with E-state index in [1.807, 2.05) is 31.2 Å². The number of para-hydroxylation sites is 1. The molecule has 1 amide bonds. The van der Waals surface area contributed by atoms with Crippen LogP contribution in [0.1, 0.15) is 27.2 Å². The molecule has 8 heteroatoms. The quantitative estimate of drug-likeness (QED) is 0.555. The van der Waals surface area contributed by atoms with Gasteiger partial charge in [-0.2, -0.15) is 13.2 Å². The minimum Gasteiger partial charge on any atom is -0.481 e. The van der Waals surface area contributed by atoms with E-state index in [0.29, 0.717) is 17.3 Å². The van der Waals surface area contributed by atoms with Crippen LogP contribution in [0.2, 0.25) is 0 Å². The molecule has 2 heterocycles. The predicted molar refractivity (Wildman–Crippen MR) is 112 cm³/mol. The number of methoxy groups -OCH3 is 1. The maximum Gasteiger partial charge on any atom is 0.416 e. The molecule has 1 aromatic heterocycles. The molecule has 0 bridgehead atoms. The summed E-state index contributed by atoms with van der Waals surface area (Å²) in [4.78, 5) is 20.9. The minimum absolute atomic E-state index is 0.0485. The molecule has 0 saturated carbocycles. The fourth-order valence-corrected chi connectivity index (χ4v) is 3.73. The van der Waals surface area contributed by atoms with Gasteiger partial charge in [0, 0.05) is 11.8 Å². The maximum absolute atomic E-state index is 13.4. The molecule has 0 unspecified atom stereocenters. The number of aryl methyl sites for hydroxylation is 2. The Morgan fingerprint density at radius 3 is 2.32 bits per heavy atom. The van der Waals surface area contributed by atoms with E-state index in [9.17, 15) is 18.0 Å². The lowest BCUT2D eigenvalue weighted by molar-refractivity contribution is -0.137. The van der Waals surface area contributed by atoms with Gasteiger partial charge in [0.1, 0.15) is 6.67 Å². The summed E-state index contributed by atoms with van der Waals surface area (Å²) in [5.74, 6) is 0.0281. The SMILES string of the molecule is COc1ccc(N2CN(c3ccccc3C)c3cc(C(F)(F)F)ccc3C2=O)c(C)n1. The Balaban J connectivity index is 1.89. The average Bonchev–Trinajstić information content (AvgIpc) is 2.74. The highest BCUT2D eigenvalue weighted by Crippen LogP contribution is 2.41. The zero-order chi connectivity index (χ0) is 22.3. The Kier molecular flexibility index (Phi) is 5.08. The Hall–Kier alpha value is -3.55. The maximum atomic E-state index is 13.4. The lowest BCUT2D eigenvalue weighted by atomic mass is 10.0. The van der Waals surface area contributed by atoms with Gasteiger partial charge in [-0.15, -0.1) is 0 Å². The summed E-state index contributed by atoms with van der Waals surface area (Å²) < 4.78 is 45.3. The molecule has 2 aromatic carbocycles. The van der Waals surface area contributed by atoms with Gasteiger partial charge in [-0.3, -0.25) is 9.69 Å². The number of amides is 1. The van der Waals surface area contributed by atoms with E-state index < -0.39 is 11.7 Å². The summed E-state index contributed by atoms with van der Waals surface area (Å²) in [7, 11) is 1.50. The van der Waals surface area contributed by atoms with E-state index in [1.54, 1.807) is 24.0 Å². The summed E-state index contributed by atoms with van der Waals surface area (Å²) in [6, 6.07) is 14.0. The van der Waals surface area contributed by atoms with Crippen molar-refractivity contribution in [2.75, 3.05) is 23.6 Å². The van der Waals surface area contributed by atoms with Gasteiger partial charge in [-0.1, -0.05) is 18.2 Å². The van der Waals surface area contributed by atoms with Crippen LogP contribution in [-0.4, -0.2) is 24.7 Å². The fraction of sp³-hybridized carbons (Fsp3) is 0.217. The lowest BCUT2D eigenvalue weighted by Gasteiger charge is -2.39. The summed E-state index contributed by atoms with van der Waals surface area (Å²) in [5, 5.41) is 0. The first-order valence-corrected chi connectivity index (χ1v) is 9.58. The van der Waals surface area contributed by atoms with Crippen LogP contribution in [0.15, 0.2) is 54.6 Å². The van der Waals surface area contributed by atoms with Crippen molar-refractivity contribution in [1.29, 1.82) is 0 Å². The molecule has 0 spiro atoms. The average molecular weight is 427 g/mol. The number of aromatic nitrogens is 1. The van der Waals surface area contributed by atoms with Gasteiger partial charge >= 0.3 is 6.18 Å². The van der Waals surface area contributed by atoms with E-state index >= 15 is 0 Å². The van der Waals surface area contributed by atoms with Gasteiger partial charge in [0.25, 0.3) is 5.91 Å². The molecule has 31 heavy (non-hydrogen) atoms. The van der Waals surface area contributed by atoms with Crippen molar-refractivity contribution in [2.24, 2.45) is 0 Å². The van der Waals surface area contributed by atoms with Gasteiger partial charge in [-0.25, -0.2) is 4.98 Å². The van der Waals surface area contributed by atoms with E-state index in [-0.39, 0.29) is 23.8 Å². The highest BCUT2D eigenvalue weighted by molar-refractivity contribution is 6.12. The number of pyridine rings is 1. The molecule has 0 saturated heterocycles. The first-order chi connectivity index (χ1) is 14.7. The molecule has 0 aliphatic carbocycles. The van der Waals surface area contributed by atoms with Crippen LogP contribution in [0.4, 0.5) is 30.2 Å². The highest BCUT2D eigenvalue weighted by atomic mass is 19.4. The molecule has 3 aromatic rings. The number of carbonyl (C=O) groups is 1. The van der Waals surface area contributed by atoms with Crippen molar-refractivity contribution in [3.8, 4) is 5.88 Å². The van der Waals surface area contributed by atoms with Crippen molar-refractivity contribution in [2.45, 2.75) is 20.0 Å². The van der Waals surface area contributed by atoms with Gasteiger partial charge in [0.2, 0.25) is 5.88 Å². The third kappa shape index (κ3) is 3.69. The summed E-state index contributed by atoms with van der Waals surface area (Å²) >= 11 is 0. The summed E-state index contributed by atoms with van der Waals surface area (Å²) in [6.45, 7) is 3.68. The second-order valence-corrected chi connectivity index (χ2v) is 7.28. The van der Waals surface area contributed by atoms with Crippen LogP contribution < -0.4 is 14.5 Å².